The van der Waals surface area contributed by atoms with Gasteiger partial charge in [0.2, 0.25) is 20.0 Å². The second-order valence-corrected chi connectivity index (χ2v) is 24.5. The molecule has 5 rings (SSSR count). The Bertz CT molecular complexity index is 1770. The summed E-state index contributed by atoms with van der Waals surface area (Å²) >= 11 is 6.40. The minimum Gasteiger partial charge on any atom is -0.212 e. The van der Waals surface area contributed by atoms with Gasteiger partial charge in [-0.25, -0.2) is 16.8 Å². The van der Waals surface area contributed by atoms with Gasteiger partial charge in [-0.05, 0) is 122 Å². The fraction of sp³-hybridized carbons (Fsp3) is 0.805. The zero-order chi connectivity index (χ0) is 40.2. The molecule has 0 aliphatic heterocycles. The topological polar surface area (TPSA) is 122 Å². The quantitative estimate of drug-likeness (QED) is 0.198. The third-order valence-corrected chi connectivity index (χ3v) is 21.2. The molecule has 0 aromatic heterocycles. The number of nitriles is 2. The van der Waals surface area contributed by atoms with Crippen LogP contribution in [0.5, 0.6) is 0 Å². The van der Waals surface area contributed by atoms with Crippen LogP contribution in [0.2, 0.25) is 0 Å². The molecule has 4 bridgehead atoms. The van der Waals surface area contributed by atoms with Crippen molar-refractivity contribution >= 4 is 44.4 Å². The SMILES string of the molecule is CC(C)N(C(C)C)S(=O)(=O)CC12CCC(CC1(C#N)SCc1ccccc1)C2(C)C.CC(C)N(C(C)C)S(=O)(=O)CC12CCC(CC1(S)C#N)C2(C)C. The summed E-state index contributed by atoms with van der Waals surface area (Å²) in [6, 6.07) is 14.9. The zero-order valence-electron chi connectivity index (χ0n) is 34.3. The Kier molecular flexibility index (Phi) is 12.8. The van der Waals surface area contributed by atoms with E-state index in [2.05, 4.69) is 52.0 Å². The molecule has 0 N–H and O–H groups in total. The van der Waals surface area contributed by atoms with E-state index in [1.165, 1.54) is 5.56 Å². The fourth-order valence-corrected chi connectivity index (χ4v) is 19.8. The van der Waals surface area contributed by atoms with Gasteiger partial charge < -0.3 is 0 Å². The maximum atomic E-state index is 13.7. The Morgan fingerprint density at radius 1 is 0.717 bits per heavy atom. The van der Waals surface area contributed by atoms with Crippen molar-refractivity contribution < 1.29 is 16.8 Å². The van der Waals surface area contributed by atoms with Crippen LogP contribution in [0.25, 0.3) is 0 Å². The normalized spacial score (nSPS) is 32.8. The lowest BCUT2D eigenvalue weighted by Crippen LogP contribution is -2.54. The van der Waals surface area contributed by atoms with Gasteiger partial charge in [0.15, 0.2) is 0 Å². The molecule has 1 aromatic rings. The van der Waals surface area contributed by atoms with E-state index in [-0.39, 0.29) is 46.5 Å². The summed E-state index contributed by atoms with van der Waals surface area (Å²) < 4.78 is 55.6. The molecule has 0 amide bonds. The Hall–Kier alpha value is -1.28. The number of benzene rings is 1. The van der Waals surface area contributed by atoms with Crippen LogP contribution in [-0.4, -0.2) is 70.6 Å². The zero-order valence-corrected chi connectivity index (χ0v) is 37.7. The monoisotopic (exact) mass is 806 g/mol. The highest BCUT2D eigenvalue weighted by Crippen LogP contribution is 2.74. The van der Waals surface area contributed by atoms with Gasteiger partial charge in [-0.2, -0.15) is 31.8 Å². The van der Waals surface area contributed by atoms with Crippen LogP contribution in [-0.2, 0) is 25.8 Å². The third-order valence-electron chi connectivity index (χ3n) is 14.2. The molecule has 53 heavy (non-hydrogen) atoms. The first-order valence-electron chi connectivity index (χ1n) is 19.5. The lowest BCUT2D eigenvalue weighted by atomic mass is 9.66. The van der Waals surface area contributed by atoms with E-state index in [9.17, 15) is 27.4 Å². The molecule has 4 aliphatic rings. The number of thiol groups is 1. The molecule has 0 heterocycles. The number of nitrogens with zero attached hydrogens (tertiary/aromatic N) is 4. The predicted molar refractivity (Wildman–Crippen MR) is 222 cm³/mol. The van der Waals surface area contributed by atoms with Gasteiger partial charge in [0, 0.05) is 40.8 Å². The number of hydrogen-bond donors (Lipinski definition) is 1. The molecule has 4 aliphatic carbocycles. The number of fused-ring (bicyclic) bond motifs is 4. The second-order valence-electron chi connectivity index (χ2n) is 18.7. The van der Waals surface area contributed by atoms with Crippen LogP contribution < -0.4 is 0 Å². The van der Waals surface area contributed by atoms with Crippen LogP contribution in [0.3, 0.4) is 0 Å². The highest BCUT2D eigenvalue weighted by atomic mass is 32.2. The van der Waals surface area contributed by atoms with Crippen molar-refractivity contribution in [3.05, 3.63) is 35.9 Å². The first kappa shape index (κ1) is 44.4. The van der Waals surface area contributed by atoms with Crippen LogP contribution in [0.15, 0.2) is 30.3 Å². The lowest BCUT2D eigenvalue weighted by molar-refractivity contribution is 0.139. The molecule has 0 radical (unpaired) electrons. The van der Waals surface area contributed by atoms with E-state index in [4.69, 9.17) is 12.6 Å². The van der Waals surface area contributed by atoms with Crippen molar-refractivity contribution in [2.75, 3.05) is 11.5 Å². The Labute approximate surface area is 332 Å². The van der Waals surface area contributed by atoms with Gasteiger partial charge in [-0.3, -0.25) is 0 Å². The van der Waals surface area contributed by atoms with E-state index in [0.717, 1.165) is 37.9 Å². The average Bonchev–Trinajstić information content (AvgIpc) is 3.55. The molecular formula is C41H66N4O4S4. The smallest absolute Gasteiger partial charge is 0.212 e. The molecular weight excluding hydrogens is 741 g/mol. The molecule has 4 fully saturated rings. The summed E-state index contributed by atoms with van der Waals surface area (Å²) in [7, 11) is -6.98. The number of sulfonamides is 2. The summed E-state index contributed by atoms with van der Waals surface area (Å²) in [6.45, 7) is 24.1. The average molecular weight is 807 g/mol. The largest absolute Gasteiger partial charge is 0.215 e. The highest BCUT2D eigenvalue weighted by Gasteiger charge is 2.74. The van der Waals surface area contributed by atoms with E-state index in [0.29, 0.717) is 18.3 Å². The Balaban J connectivity index is 0.000000245. The summed E-state index contributed by atoms with van der Waals surface area (Å²) in [4.78, 5) is 0. The molecule has 1 aromatic carbocycles. The van der Waals surface area contributed by atoms with Gasteiger partial charge in [0.1, 0.15) is 9.49 Å². The van der Waals surface area contributed by atoms with E-state index < -0.39 is 40.4 Å². The Morgan fingerprint density at radius 3 is 1.53 bits per heavy atom. The first-order valence-corrected chi connectivity index (χ1v) is 24.2. The predicted octanol–water partition coefficient (Wildman–Crippen LogP) is 8.91. The molecule has 6 unspecified atom stereocenters. The van der Waals surface area contributed by atoms with Gasteiger partial charge in [-0.15, -0.1) is 11.8 Å². The van der Waals surface area contributed by atoms with Crippen molar-refractivity contribution in [1.82, 2.24) is 8.61 Å². The lowest BCUT2D eigenvalue weighted by Gasteiger charge is -2.48. The van der Waals surface area contributed by atoms with Gasteiger partial charge in [0.05, 0.1) is 23.6 Å². The Morgan fingerprint density at radius 2 is 1.13 bits per heavy atom. The minimum absolute atomic E-state index is 0.0247. The van der Waals surface area contributed by atoms with Crippen LogP contribution in [0.1, 0.15) is 127 Å². The van der Waals surface area contributed by atoms with Crippen LogP contribution in [0, 0.1) is 56.2 Å². The van der Waals surface area contributed by atoms with Crippen molar-refractivity contribution in [2.24, 2.45) is 33.5 Å². The molecule has 298 valence electrons. The first-order chi connectivity index (χ1) is 24.3. The van der Waals surface area contributed by atoms with Crippen LogP contribution in [0.4, 0.5) is 0 Å². The van der Waals surface area contributed by atoms with Crippen molar-refractivity contribution in [2.45, 2.75) is 161 Å². The number of rotatable bonds is 13. The van der Waals surface area contributed by atoms with E-state index >= 15 is 0 Å². The molecule has 0 spiro atoms. The number of thioether (sulfide) groups is 1. The molecule has 6 atom stereocenters. The third kappa shape index (κ3) is 7.27. The summed E-state index contributed by atoms with van der Waals surface area (Å²) in [6.07, 6.45) is 5.07. The van der Waals surface area contributed by atoms with E-state index in [1.54, 1.807) is 20.4 Å². The number of hydrogen-bond acceptors (Lipinski definition) is 8. The van der Waals surface area contributed by atoms with Crippen molar-refractivity contribution in [1.29, 1.82) is 10.5 Å². The molecule has 0 saturated heterocycles. The summed E-state index contributed by atoms with van der Waals surface area (Å²) in [5.41, 5.74) is -0.305. The molecule has 8 nitrogen and oxygen atoms in total. The summed E-state index contributed by atoms with van der Waals surface area (Å²) in [5, 5.41) is 20.3. The minimum atomic E-state index is -3.51. The standard InChI is InChI=1S/C24H36N2O2S2.C17H30N2O2S2/c1-18(2)26(19(3)4)30(27,28)17-23-13-12-21(22(23,5)6)14-24(23,16-25)29-15-20-10-8-7-9-11-20;1-12(2)19(13(3)4)23(20,21)11-16-8-7-14(15(16,5)6)9-17(16,22)10-18/h7-11,18-19,21H,12-15,17H2,1-6H3;12-14,22H,7-9,11H2,1-6H3. The molecule has 4 saturated carbocycles. The molecule has 12 heteroatoms. The van der Waals surface area contributed by atoms with Gasteiger partial charge in [-0.1, -0.05) is 58.0 Å². The maximum Gasteiger partial charge on any atom is 0.215 e. The van der Waals surface area contributed by atoms with Crippen molar-refractivity contribution in [3.8, 4) is 12.1 Å². The maximum absolute atomic E-state index is 13.7. The van der Waals surface area contributed by atoms with Gasteiger partial charge in [0.25, 0.3) is 0 Å². The summed E-state index contributed by atoms with van der Waals surface area (Å²) in [5.74, 6) is 1.59. The van der Waals surface area contributed by atoms with Gasteiger partial charge >= 0.3 is 0 Å². The highest BCUT2D eigenvalue weighted by molar-refractivity contribution is 8.00. The fourth-order valence-electron chi connectivity index (χ4n) is 11.6. The second kappa shape index (κ2) is 15.2. The van der Waals surface area contributed by atoms with Crippen LogP contribution >= 0.6 is 24.4 Å². The van der Waals surface area contributed by atoms with E-state index in [1.807, 2.05) is 73.6 Å². The van der Waals surface area contributed by atoms with Crippen molar-refractivity contribution in [3.63, 3.8) is 0 Å².